The fraction of sp³-hybridized carbons (Fsp3) is 0.833. The minimum Gasteiger partial charge on any atom is -0.365 e. The summed E-state index contributed by atoms with van der Waals surface area (Å²) in [4.78, 5) is 27.1. The van der Waals surface area contributed by atoms with Crippen LogP contribution in [0.5, 0.6) is 0 Å². The predicted octanol–water partition coefficient (Wildman–Crippen LogP) is -1.89. The molecule has 2 heterocycles. The zero-order valence-electron chi connectivity index (χ0n) is 11.1. The summed E-state index contributed by atoms with van der Waals surface area (Å²) in [6, 6.07) is -0.245. The number of amides is 2. The molecule has 0 spiro atoms. The van der Waals surface area contributed by atoms with Crippen LogP contribution in [0.3, 0.4) is 0 Å². The third-order valence-corrected chi connectivity index (χ3v) is 3.76. The van der Waals surface area contributed by atoms with Crippen molar-refractivity contribution >= 4 is 11.8 Å². The molecule has 2 rings (SSSR count). The van der Waals surface area contributed by atoms with Gasteiger partial charge in [-0.25, -0.2) is 0 Å². The molecule has 108 valence electrons. The molecule has 2 aliphatic rings. The average Bonchev–Trinajstić information content (AvgIpc) is 2.35. The lowest BCUT2D eigenvalue weighted by atomic mass is 10.0. The van der Waals surface area contributed by atoms with Crippen LogP contribution in [0, 0.1) is 0 Å². The number of hydrogen-bond acceptors (Lipinski definition) is 5. The Bertz CT molecular complexity index is 362. The Morgan fingerprint density at radius 2 is 2.00 bits per heavy atom. The fourth-order valence-corrected chi connectivity index (χ4v) is 2.42. The van der Waals surface area contributed by atoms with E-state index in [1.807, 2.05) is 0 Å². The summed E-state index contributed by atoms with van der Waals surface area (Å²) >= 11 is 0. The van der Waals surface area contributed by atoms with Gasteiger partial charge in [0.15, 0.2) is 5.79 Å². The largest absolute Gasteiger partial charge is 0.365 e. The van der Waals surface area contributed by atoms with Crippen LogP contribution < -0.4 is 5.32 Å². The smallest absolute Gasteiger partial charge is 0.242 e. The number of likely N-dealkylation sites (tertiary alicyclic amines) is 1. The highest BCUT2D eigenvalue weighted by Crippen LogP contribution is 2.19. The Balaban J connectivity index is 1.86. The van der Waals surface area contributed by atoms with Crippen LogP contribution in [0.4, 0.5) is 0 Å². The van der Waals surface area contributed by atoms with Gasteiger partial charge >= 0.3 is 0 Å². The molecule has 19 heavy (non-hydrogen) atoms. The minimum absolute atomic E-state index is 0.0599. The Hall–Kier alpha value is -1.18. The summed E-state index contributed by atoms with van der Waals surface area (Å²) in [5.74, 6) is -1.84. The molecule has 0 aromatic rings. The molecule has 3 N–H and O–H groups in total. The molecular weight excluding hydrogens is 250 g/mol. The lowest BCUT2D eigenvalue weighted by Crippen LogP contribution is -2.57. The first kappa shape index (κ1) is 14.2. The van der Waals surface area contributed by atoms with Crippen LogP contribution in [0.15, 0.2) is 0 Å². The van der Waals surface area contributed by atoms with E-state index in [1.54, 1.807) is 16.7 Å². The van der Waals surface area contributed by atoms with Crippen LogP contribution in [0.1, 0.15) is 19.8 Å². The van der Waals surface area contributed by atoms with Crippen molar-refractivity contribution in [3.8, 4) is 0 Å². The molecule has 2 fully saturated rings. The second-order valence-corrected chi connectivity index (χ2v) is 5.30. The number of piperazine rings is 1. The number of nitrogens with zero attached hydrogens (tertiary/aromatic N) is 2. The highest BCUT2D eigenvalue weighted by molar-refractivity contribution is 5.87. The van der Waals surface area contributed by atoms with Gasteiger partial charge in [0.05, 0.1) is 12.6 Å². The lowest BCUT2D eigenvalue weighted by Gasteiger charge is -2.37. The molecule has 0 aliphatic carbocycles. The molecule has 7 heteroatoms. The van der Waals surface area contributed by atoms with E-state index in [4.69, 9.17) is 0 Å². The number of carbonyl (C=O) groups excluding carboxylic acids is 2. The van der Waals surface area contributed by atoms with Gasteiger partial charge in [0, 0.05) is 39.0 Å². The van der Waals surface area contributed by atoms with E-state index in [1.165, 1.54) is 0 Å². The maximum Gasteiger partial charge on any atom is 0.242 e. The number of rotatable bonds is 2. The van der Waals surface area contributed by atoms with E-state index < -0.39 is 5.79 Å². The molecule has 0 saturated carbocycles. The predicted molar refractivity (Wildman–Crippen MR) is 67.0 cm³/mol. The van der Waals surface area contributed by atoms with Crippen molar-refractivity contribution in [2.24, 2.45) is 0 Å². The van der Waals surface area contributed by atoms with Gasteiger partial charge in [-0.15, -0.1) is 0 Å². The molecule has 1 atom stereocenters. The van der Waals surface area contributed by atoms with Gasteiger partial charge in [-0.1, -0.05) is 0 Å². The van der Waals surface area contributed by atoms with Crippen molar-refractivity contribution in [1.29, 1.82) is 0 Å². The minimum atomic E-state index is -1.66. The zero-order chi connectivity index (χ0) is 14.0. The molecule has 2 saturated heterocycles. The highest BCUT2D eigenvalue weighted by Gasteiger charge is 2.33. The van der Waals surface area contributed by atoms with Crippen LogP contribution in [-0.4, -0.2) is 76.4 Å². The van der Waals surface area contributed by atoms with Gasteiger partial charge < -0.3 is 25.3 Å². The Morgan fingerprint density at radius 1 is 1.37 bits per heavy atom. The normalized spacial score (nSPS) is 27.5. The molecular formula is C12H21N3O4. The summed E-state index contributed by atoms with van der Waals surface area (Å²) in [6.07, 6.45) is 0.315. The summed E-state index contributed by atoms with van der Waals surface area (Å²) < 4.78 is 0. The van der Waals surface area contributed by atoms with E-state index >= 15 is 0 Å². The van der Waals surface area contributed by atoms with Crippen molar-refractivity contribution in [3.05, 3.63) is 0 Å². The van der Waals surface area contributed by atoms with Gasteiger partial charge in [-0.05, 0) is 6.92 Å². The van der Waals surface area contributed by atoms with Gasteiger partial charge in [-0.3, -0.25) is 9.59 Å². The molecule has 2 amide bonds. The first-order valence-electron chi connectivity index (χ1n) is 6.64. The molecule has 0 aromatic carbocycles. The van der Waals surface area contributed by atoms with Crippen molar-refractivity contribution in [2.75, 3.05) is 32.7 Å². The van der Waals surface area contributed by atoms with Crippen molar-refractivity contribution in [1.82, 2.24) is 15.1 Å². The van der Waals surface area contributed by atoms with Gasteiger partial charge in [0.25, 0.3) is 0 Å². The SMILES string of the molecule is CC1NCCN(CC(=O)N2CCC(O)(O)CC2)C1=O. The van der Waals surface area contributed by atoms with Crippen LogP contribution in [-0.2, 0) is 9.59 Å². The van der Waals surface area contributed by atoms with Gasteiger partial charge in [-0.2, -0.15) is 0 Å². The second kappa shape index (κ2) is 5.44. The number of aliphatic hydroxyl groups is 2. The maximum absolute atomic E-state index is 12.1. The summed E-state index contributed by atoms with van der Waals surface area (Å²) in [7, 11) is 0. The first-order valence-corrected chi connectivity index (χ1v) is 6.64. The Kier molecular flexibility index (Phi) is 4.07. The quantitative estimate of drug-likeness (QED) is 0.511. The lowest BCUT2D eigenvalue weighted by molar-refractivity contribution is -0.191. The second-order valence-electron chi connectivity index (χ2n) is 5.30. The maximum atomic E-state index is 12.1. The van der Waals surface area contributed by atoms with Crippen molar-refractivity contribution < 1.29 is 19.8 Å². The van der Waals surface area contributed by atoms with Crippen LogP contribution >= 0.6 is 0 Å². The van der Waals surface area contributed by atoms with Gasteiger partial charge in [0.2, 0.25) is 11.8 Å². The third kappa shape index (κ3) is 3.43. The number of carbonyl (C=O) groups is 2. The number of hydrogen-bond donors (Lipinski definition) is 3. The topological polar surface area (TPSA) is 93.1 Å². The van der Waals surface area contributed by atoms with Crippen molar-refractivity contribution in [3.63, 3.8) is 0 Å². The Labute approximate surface area is 112 Å². The summed E-state index contributed by atoms with van der Waals surface area (Å²) in [5, 5.41) is 21.9. The zero-order valence-corrected chi connectivity index (χ0v) is 11.1. The van der Waals surface area contributed by atoms with Crippen LogP contribution in [0.2, 0.25) is 0 Å². The standard InChI is InChI=1S/C12H21N3O4/c1-9-11(17)15(7-4-13-9)8-10(16)14-5-2-12(18,19)3-6-14/h9,13,18-19H,2-8H2,1H3. The summed E-state index contributed by atoms with van der Waals surface area (Å²) in [5.41, 5.74) is 0. The average molecular weight is 271 g/mol. The molecule has 7 nitrogen and oxygen atoms in total. The summed E-state index contributed by atoms with van der Waals surface area (Å²) in [6.45, 7) is 3.73. The Morgan fingerprint density at radius 3 is 2.63 bits per heavy atom. The monoisotopic (exact) mass is 271 g/mol. The highest BCUT2D eigenvalue weighted by atomic mass is 16.5. The van der Waals surface area contributed by atoms with Gasteiger partial charge in [0.1, 0.15) is 0 Å². The number of nitrogens with one attached hydrogen (secondary N) is 1. The van der Waals surface area contributed by atoms with Crippen LogP contribution in [0.25, 0.3) is 0 Å². The number of piperidine rings is 1. The molecule has 2 aliphatic heterocycles. The third-order valence-electron chi connectivity index (χ3n) is 3.76. The van der Waals surface area contributed by atoms with E-state index in [-0.39, 0.29) is 37.2 Å². The van der Waals surface area contributed by atoms with E-state index in [2.05, 4.69) is 5.32 Å². The molecule has 1 unspecified atom stereocenters. The van der Waals surface area contributed by atoms with Crippen molar-refractivity contribution in [2.45, 2.75) is 31.6 Å². The first-order chi connectivity index (χ1) is 8.89. The van der Waals surface area contributed by atoms with E-state index in [0.717, 1.165) is 0 Å². The molecule has 0 radical (unpaired) electrons. The molecule has 0 bridgehead atoms. The van der Waals surface area contributed by atoms with E-state index in [9.17, 15) is 19.8 Å². The molecule has 0 aromatic heterocycles. The fourth-order valence-electron chi connectivity index (χ4n) is 2.42. The van der Waals surface area contributed by atoms with E-state index in [0.29, 0.717) is 26.2 Å².